The van der Waals surface area contributed by atoms with E-state index in [0.29, 0.717) is 12.5 Å². The predicted molar refractivity (Wildman–Crippen MR) is 114 cm³/mol. The molecule has 1 atom stereocenters. The molecule has 1 fully saturated rings. The smallest absolute Gasteiger partial charge is 0.253 e. The molecular weight excluding hydrogens is 368 g/mol. The summed E-state index contributed by atoms with van der Waals surface area (Å²) in [5.41, 5.74) is 2.90. The molecule has 0 saturated carbocycles. The Morgan fingerprint density at radius 1 is 1.21 bits per heavy atom. The summed E-state index contributed by atoms with van der Waals surface area (Å²) in [6, 6.07) is 16.1. The summed E-state index contributed by atoms with van der Waals surface area (Å²) < 4.78 is 6.85. The van der Waals surface area contributed by atoms with Gasteiger partial charge in [-0.05, 0) is 56.5 Å². The lowest BCUT2D eigenvalue weighted by atomic mass is 9.98. The third-order valence-corrected chi connectivity index (χ3v) is 6.35. The van der Waals surface area contributed by atoms with Gasteiger partial charge in [0.15, 0.2) is 0 Å². The van der Waals surface area contributed by atoms with E-state index < -0.39 is 0 Å². The van der Waals surface area contributed by atoms with Gasteiger partial charge in [0.05, 0.1) is 27.9 Å². The number of rotatable bonds is 5. The van der Waals surface area contributed by atoms with E-state index in [1.807, 2.05) is 49.1 Å². The first-order chi connectivity index (χ1) is 13.6. The molecule has 0 bridgehead atoms. The molecule has 4 nitrogen and oxygen atoms in total. The Balaban J connectivity index is 1.44. The second-order valence-corrected chi connectivity index (χ2v) is 8.73. The van der Waals surface area contributed by atoms with Crippen LogP contribution in [0.5, 0.6) is 0 Å². The highest BCUT2D eigenvalue weighted by Gasteiger charge is 2.27. The molecule has 1 amide bonds. The van der Waals surface area contributed by atoms with Crippen molar-refractivity contribution in [2.75, 3.05) is 13.1 Å². The number of ether oxygens (including phenoxy) is 1. The fourth-order valence-corrected chi connectivity index (χ4v) is 4.71. The van der Waals surface area contributed by atoms with Gasteiger partial charge < -0.3 is 9.64 Å². The van der Waals surface area contributed by atoms with Crippen LogP contribution in [0, 0.1) is 0 Å². The number of hydrogen-bond acceptors (Lipinski definition) is 4. The molecule has 0 N–H and O–H groups in total. The molecule has 2 aromatic carbocycles. The van der Waals surface area contributed by atoms with E-state index in [2.05, 4.69) is 18.2 Å². The molecule has 2 heterocycles. The van der Waals surface area contributed by atoms with Crippen molar-refractivity contribution < 1.29 is 9.53 Å². The summed E-state index contributed by atoms with van der Waals surface area (Å²) in [5, 5.41) is 1.15. The van der Waals surface area contributed by atoms with Crippen molar-refractivity contribution in [2.45, 2.75) is 45.3 Å². The van der Waals surface area contributed by atoms with Crippen LogP contribution in [0.3, 0.4) is 0 Å². The van der Waals surface area contributed by atoms with Crippen LogP contribution < -0.4 is 0 Å². The first-order valence-electron chi connectivity index (χ1n) is 9.95. The summed E-state index contributed by atoms with van der Waals surface area (Å²) in [6.45, 7) is 6.19. The van der Waals surface area contributed by atoms with Gasteiger partial charge in [-0.2, -0.15) is 0 Å². The van der Waals surface area contributed by atoms with Crippen LogP contribution >= 0.6 is 11.3 Å². The van der Waals surface area contributed by atoms with E-state index in [1.54, 1.807) is 11.3 Å². The molecule has 0 radical (unpaired) electrons. The topological polar surface area (TPSA) is 42.4 Å². The number of piperidine rings is 1. The van der Waals surface area contributed by atoms with Crippen LogP contribution in [0.2, 0.25) is 0 Å². The summed E-state index contributed by atoms with van der Waals surface area (Å²) in [7, 11) is 0. The first-order valence-corrected chi connectivity index (χ1v) is 10.8. The van der Waals surface area contributed by atoms with Gasteiger partial charge in [-0.3, -0.25) is 4.79 Å². The maximum Gasteiger partial charge on any atom is 0.253 e. The number of para-hydroxylation sites is 1. The highest BCUT2D eigenvalue weighted by Crippen LogP contribution is 2.33. The van der Waals surface area contributed by atoms with Crippen molar-refractivity contribution >= 4 is 27.5 Å². The van der Waals surface area contributed by atoms with E-state index >= 15 is 0 Å². The standard InChI is InChI=1S/C23H26N2O2S/c1-16(2)27-15-17-9-11-18(12-10-17)23(26)25-13-5-6-19(14-25)22-24-20-7-3-4-8-21(20)28-22/h3-4,7-12,16,19H,5-6,13-15H2,1-2H3/t19-/m0/s1. The van der Waals surface area contributed by atoms with Crippen molar-refractivity contribution in [3.05, 3.63) is 64.7 Å². The largest absolute Gasteiger partial charge is 0.374 e. The number of carbonyl (C=O) groups excluding carboxylic acids is 1. The maximum absolute atomic E-state index is 13.0. The summed E-state index contributed by atoms with van der Waals surface area (Å²) in [4.78, 5) is 19.8. The van der Waals surface area contributed by atoms with Crippen LogP contribution in [0.4, 0.5) is 0 Å². The van der Waals surface area contributed by atoms with E-state index in [4.69, 9.17) is 9.72 Å². The Kier molecular flexibility index (Phi) is 5.74. The minimum atomic E-state index is 0.113. The minimum absolute atomic E-state index is 0.113. The monoisotopic (exact) mass is 394 g/mol. The Hall–Kier alpha value is -2.24. The minimum Gasteiger partial charge on any atom is -0.374 e. The summed E-state index contributed by atoms with van der Waals surface area (Å²) >= 11 is 1.76. The molecule has 1 saturated heterocycles. The number of likely N-dealkylation sites (tertiary alicyclic amines) is 1. The molecule has 28 heavy (non-hydrogen) atoms. The molecule has 0 unspecified atom stereocenters. The number of carbonyl (C=O) groups is 1. The van der Waals surface area contributed by atoms with Crippen LogP contribution in [0.25, 0.3) is 10.2 Å². The Bertz CT molecular complexity index is 916. The van der Waals surface area contributed by atoms with E-state index in [9.17, 15) is 4.79 Å². The number of aromatic nitrogens is 1. The number of fused-ring (bicyclic) bond motifs is 1. The SMILES string of the molecule is CC(C)OCc1ccc(C(=O)N2CCC[C@H](c3nc4ccccc4s3)C2)cc1. The maximum atomic E-state index is 13.0. The average molecular weight is 395 g/mol. The Morgan fingerprint density at radius 3 is 2.75 bits per heavy atom. The molecule has 1 aromatic heterocycles. The van der Waals surface area contributed by atoms with Crippen molar-refractivity contribution in [3.8, 4) is 0 Å². The van der Waals surface area contributed by atoms with Crippen LogP contribution in [0.1, 0.15) is 53.5 Å². The van der Waals surface area contributed by atoms with Crippen LogP contribution in [0.15, 0.2) is 48.5 Å². The zero-order valence-electron chi connectivity index (χ0n) is 16.4. The zero-order chi connectivity index (χ0) is 19.5. The van der Waals surface area contributed by atoms with Gasteiger partial charge in [0.2, 0.25) is 0 Å². The van der Waals surface area contributed by atoms with Gasteiger partial charge in [-0.15, -0.1) is 11.3 Å². The van der Waals surface area contributed by atoms with Gasteiger partial charge in [-0.25, -0.2) is 4.98 Å². The highest BCUT2D eigenvalue weighted by atomic mass is 32.1. The molecule has 4 rings (SSSR count). The lowest BCUT2D eigenvalue weighted by Gasteiger charge is -2.32. The molecule has 0 spiro atoms. The number of thiazole rings is 1. The van der Waals surface area contributed by atoms with Gasteiger partial charge in [0, 0.05) is 24.6 Å². The lowest BCUT2D eigenvalue weighted by Crippen LogP contribution is -2.39. The Morgan fingerprint density at radius 2 is 2.00 bits per heavy atom. The lowest BCUT2D eigenvalue weighted by molar-refractivity contribution is 0.0654. The van der Waals surface area contributed by atoms with Crippen LogP contribution in [-0.2, 0) is 11.3 Å². The number of benzene rings is 2. The van der Waals surface area contributed by atoms with E-state index in [-0.39, 0.29) is 12.0 Å². The Labute approximate surface area is 170 Å². The highest BCUT2D eigenvalue weighted by molar-refractivity contribution is 7.18. The fraction of sp³-hybridized carbons (Fsp3) is 0.391. The number of nitrogens with zero attached hydrogens (tertiary/aromatic N) is 2. The third kappa shape index (κ3) is 4.26. The molecular formula is C23H26N2O2S. The number of amides is 1. The molecule has 5 heteroatoms. The number of hydrogen-bond donors (Lipinski definition) is 0. The first kappa shape index (κ1) is 19.1. The average Bonchev–Trinajstić information content (AvgIpc) is 3.16. The van der Waals surface area contributed by atoms with Gasteiger partial charge in [0.1, 0.15) is 0 Å². The molecule has 146 valence electrons. The van der Waals surface area contributed by atoms with Gasteiger partial charge >= 0.3 is 0 Å². The second-order valence-electron chi connectivity index (χ2n) is 7.67. The third-order valence-electron chi connectivity index (χ3n) is 5.15. The van der Waals surface area contributed by atoms with Crippen molar-refractivity contribution in [2.24, 2.45) is 0 Å². The van der Waals surface area contributed by atoms with Crippen molar-refractivity contribution in [1.29, 1.82) is 0 Å². The summed E-state index contributed by atoms with van der Waals surface area (Å²) in [6.07, 6.45) is 2.32. The zero-order valence-corrected chi connectivity index (χ0v) is 17.2. The molecule has 1 aliphatic heterocycles. The normalized spacial score (nSPS) is 17.4. The van der Waals surface area contributed by atoms with Gasteiger partial charge in [-0.1, -0.05) is 24.3 Å². The van der Waals surface area contributed by atoms with Crippen LogP contribution in [-0.4, -0.2) is 35.0 Å². The predicted octanol–water partition coefficient (Wildman–Crippen LogP) is 5.24. The molecule has 1 aliphatic rings. The van der Waals surface area contributed by atoms with Gasteiger partial charge in [0.25, 0.3) is 5.91 Å². The second kappa shape index (κ2) is 8.41. The fourth-order valence-electron chi connectivity index (χ4n) is 3.62. The van der Waals surface area contributed by atoms with Crippen molar-refractivity contribution in [3.63, 3.8) is 0 Å². The molecule has 0 aliphatic carbocycles. The quantitative estimate of drug-likeness (QED) is 0.594. The summed E-state index contributed by atoms with van der Waals surface area (Å²) in [5.74, 6) is 0.441. The van der Waals surface area contributed by atoms with E-state index in [0.717, 1.165) is 47.6 Å². The molecule has 3 aromatic rings. The van der Waals surface area contributed by atoms with E-state index in [1.165, 1.54) is 4.70 Å². The van der Waals surface area contributed by atoms with Crippen molar-refractivity contribution in [1.82, 2.24) is 9.88 Å².